The van der Waals surface area contributed by atoms with Crippen LogP contribution in [0.1, 0.15) is 18.4 Å². The summed E-state index contributed by atoms with van der Waals surface area (Å²) in [5.41, 5.74) is 2.36. The molecule has 0 radical (unpaired) electrons. The van der Waals surface area contributed by atoms with Crippen LogP contribution in [0.3, 0.4) is 0 Å². The van der Waals surface area contributed by atoms with E-state index in [1.807, 2.05) is 28.9 Å². The van der Waals surface area contributed by atoms with Crippen LogP contribution in [-0.2, 0) is 11.3 Å². The summed E-state index contributed by atoms with van der Waals surface area (Å²) in [4.78, 5) is 15.2. The summed E-state index contributed by atoms with van der Waals surface area (Å²) < 4.78 is 1.85. The number of hydrogen-bond donors (Lipinski definition) is 1. The fourth-order valence-corrected chi connectivity index (χ4v) is 3.29. The van der Waals surface area contributed by atoms with E-state index in [1.54, 1.807) is 6.20 Å². The fraction of sp³-hybridized carbons (Fsp3) is 0.444. The lowest BCUT2D eigenvalue weighted by Crippen LogP contribution is -2.44. The molecule has 1 fully saturated rings. The zero-order valence-corrected chi connectivity index (χ0v) is 14.0. The second-order valence-electron chi connectivity index (χ2n) is 6.43. The van der Waals surface area contributed by atoms with E-state index in [-0.39, 0.29) is 6.54 Å². The molecule has 2 heterocycles. The van der Waals surface area contributed by atoms with Crippen LogP contribution in [0.25, 0.3) is 5.69 Å². The summed E-state index contributed by atoms with van der Waals surface area (Å²) in [6.45, 7) is 3.08. The van der Waals surface area contributed by atoms with E-state index in [0.717, 1.165) is 38.2 Å². The van der Waals surface area contributed by atoms with Gasteiger partial charge in [-0.1, -0.05) is 12.1 Å². The Bertz CT molecular complexity index is 646. The topological polar surface area (TPSA) is 61.6 Å². The lowest BCUT2D eigenvalue weighted by Gasteiger charge is -2.36. The minimum atomic E-state index is -0.753. The van der Waals surface area contributed by atoms with E-state index >= 15 is 0 Å². The predicted molar refractivity (Wildman–Crippen MR) is 92.1 cm³/mol. The first-order chi connectivity index (χ1) is 11.6. The number of hydrogen-bond acceptors (Lipinski definition) is 4. The molecular formula is C18H24N4O2. The highest BCUT2D eigenvalue weighted by Gasteiger charge is 2.23. The lowest BCUT2D eigenvalue weighted by molar-refractivity contribution is -0.138. The molecule has 6 nitrogen and oxygen atoms in total. The quantitative estimate of drug-likeness (QED) is 0.877. The number of rotatable bonds is 6. The van der Waals surface area contributed by atoms with Crippen LogP contribution in [0.4, 0.5) is 0 Å². The Morgan fingerprint density at radius 3 is 2.58 bits per heavy atom. The van der Waals surface area contributed by atoms with Crippen LogP contribution in [0, 0.1) is 0 Å². The van der Waals surface area contributed by atoms with Crippen LogP contribution in [0.2, 0.25) is 0 Å². The van der Waals surface area contributed by atoms with Gasteiger partial charge in [-0.3, -0.25) is 14.6 Å². The molecule has 128 valence electrons. The summed E-state index contributed by atoms with van der Waals surface area (Å²) >= 11 is 0. The molecular weight excluding hydrogens is 304 g/mol. The van der Waals surface area contributed by atoms with Gasteiger partial charge in [0.05, 0.1) is 12.2 Å². The molecule has 6 heteroatoms. The highest BCUT2D eigenvalue weighted by atomic mass is 16.4. The molecule has 0 amide bonds. The van der Waals surface area contributed by atoms with E-state index in [9.17, 15) is 4.79 Å². The number of aliphatic carboxylic acids is 1. The Balaban J connectivity index is 1.50. The van der Waals surface area contributed by atoms with Crippen LogP contribution < -0.4 is 0 Å². The molecule has 1 aromatic carbocycles. The molecule has 1 aromatic heterocycles. The minimum Gasteiger partial charge on any atom is -0.480 e. The standard InChI is InChI=1S/C18H24N4O2/c1-20(14-18(23)24)16-7-11-21(12-8-16)13-15-3-5-17(6-4-15)22-10-2-9-19-22/h2-6,9-10,16H,7-8,11-14H2,1H3,(H,23,24). The van der Waals surface area contributed by atoms with Gasteiger partial charge in [0.25, 0.3) is 0 Å². The molecule has 3 rings (SSSR count). The smallest absolute Gasteiger partial charge is 0.317 e. The third kappa shape index (κ3) is 4.21. The second kappa shape index (κ2) is 7.59. The second-order valence-corrected chi connectivity index (χ2v) is 6.43. The molecule has 1 saturated heterocycles. The number of likely N-dealkylation sites (tertiary alicyclic amines) is 1. The first-order valence-electron chi connectivity index (χ1n) is 8.35. The zero-order valence-electron chi connectivity index (χ0n) is 14.0. The third-order valence-corrected chi connectivity index (χ3v) is 4.68. The summed E-state index contributed by atoms with van der Waals surface area (Å²) in [6, 6.07) is 10.8. The number of carboxylic acids is 1. The van der Waals surface area contributed by atoms with Crippen LogP contribution in [-0.4, -0.2) is 63.4 Å². The Morgan fingerprint density at radius 1 is 1.29 bits per heavy atom. The predicted octanol–water partition coefficient (Wildman–Crippen LogP) is 1.85. The van der Waals surface area contributed by atoms with Crippen molar-refractivity contribution in [1.29, 1.82) is 0 Å². The van der Waals surface area contributed by atoms with Crippen LogP contribution >= 0.6 is 0 Å². The molecule has 0 bridgehead atoms. The first kappa shape index (κ1) is 16.7. The molecule has 0 saturated carbocycles. The number of carbonyl (C=O) groups is 1. The monoisotopic (exact) mass is 328 g/mol. The fourth-order valence-electron chi connectivity index (χ4n) is 3.29. The van der Waals surface area contributed by atoms with Crippen LogP contribution in [0.15, 0.2) is 42.7 Å². The van der Waals surface area contributed by atoms with Gasteiger partial charge in [0.15, 0.2) is 0 Å². The molecule has 1 aliphatic rings. The van der Waals surface area contributed by atoms with Crippen molar-refractivity contribution in [2.45, 2.75) is 25.4 Å². The van der Waals surface area contributed by atoms with Crippen molar-refractivity contribution in [2.24, 2.45) is 0 Å². The molecule has 0 spiro atoms. The van der Waals surface area contributed by atoms with Crippen molar-refractivity contribution in [3.8, 4) is 5.69 Å². The number of carboxylic acid groups (broad SMARTS) is 1. The van der Waals surface area contributed by atoms with Crippen molar-refractivity contribution >= 4 is 5.97 Å². The average Bonchev–Trinajstić information content (AvgIpc) is 3.10. The van der Waals surface area contributed by atoms with Crippen molar-refractivity contribution in [1.82, 2.24) is 19.6 Å². The van der Waals surface area contributed by atoms with Crippen molar-refractivity contribution in [2.75, 3.05) is 26.7 Å². The maximum atomic E-state index is 10.8. The Hall–Kier alpha value is -2.18. The van der Waals surface area contributed by atoms with Gasteiger partial charge in [0, 0.05) is 25.0 Å². The third-order valence-electron chi connectivity index (χ3n) is 4.68. The SMILES string of the molecule is CN(CC(=O)O)C1CCN(Cc2ccc(-n3cccn3)cc2)CC1. The van der Waals surface area contributed by atoms with Crippen molar-refractivity contribution < 1.29 is 9.90 Å². The summed E-state index contributed by atoms with van der Waals surface area (Å²) in [5.74, 6) is -0.753. The van der Waals surface area contributed by atoms with E-state index in [2.05, 4.69) is 34.3 Å². The number of likely N-dealkylation sites (N-methyl/N-ethyl adjacent to an activating group) is 1. The van der Waals surface area contributed by atoms with Gasteiger partial charge in [0.1, 0.15) is 0 Å². The average molecular weight is 328 g/mol. The van der Waals surface area contributed by atoms with Gasteiger partial charge < -0.3 is 5.11 Å². The van der Waals surface area contributed by atoms with Crippen molar-refractivity contribution in [3.05, 3.63) is 48.3 Å². The van der Waals surface area contributed by atoms with E-state index in [1.165, 1.54) is 5.56 Å². The molecule has 1 aliphatic heterocycles. The first-order valence-corrected chi connectivity index (χ1v) is 8.35. The maximum Gasteiger partial charge on any atom is 0.317 e. The zero-order chi connectivity index (χ0) is 16.9. The minimum absolute atomic E-state index is 0.125. The molecule has 0 unspecified atom stereocenters. The number of benzene rings is 1. The van der Waals surface area contributed by atoms with Crippen LogP contribution in [0.5, 0.6) is 0 Å². The van der Waals surface area contributed by atoms with Gasteiger partial charge in [-0.25, -0.2) is 4.68 Å². The highest BCUT2D eigenvalue weighted by Crippen LogP contribution is 2.18. The Labute approximate surface area is 142 Å². The largest absolute Gasteiger partial charge is 0.480 e. The Kier molecular flexibility index (Phi) is 5.27. The van der Waals surface area contributed by atoms with Gasteiger partial charge in [-0.05, 0) is 56.7 Å². The summed E-state index contributed by atoms with van der Waals surface area (Å²) in [6.07, 6.45) is 5.76. The Morgan fingerprint density at radius 2 is 2.00 bits per heavy atom. The van der Waals surface area contributed by atoms with E-state index in [4.69, 9.17) is 5.11 Å². The van der Waals surface area contributed by atoms with Gasteiger partial charge in [-0.2, -0.15) is 5.10 Å². The van der Waals surface area contributed by atoms with Gasteiger partial charge in [-0.15, -0.1) is 0 Å². The number of piperidine rings is 1. The maximum absolute atomic E-state index is 10.8. The normalized spacial score (nSPS) is 16.6. The summed E-state index contributed by atoms with van der Waals surface area (Å²) in [5, 5.41) is 13.1. The molecule has 1 N–H and O–H groups in total. The van der Waals surface area contributed by atoms with Gasteiger partial charge in [0.2, 0.25) is 0 Å². The number of aromatic nitrogens is 2. The molecule has 24 heavy (non-hydrogen) atoms. The van der Waals surface area contributed by atoms with E-state index in [0.29, 0.717) is 6.04 Å². The van der Waals surface area contributed by atoms with E-state index < -0.39 is 5.97 Å². The molecule has 2 aromatic rings. The number of nitrogens with zero attached hydrogens (tertiary/aromatic N) is 4. The highest BCUT2D eigenvalue weighted by molar-refractivity contribution is 5.69. The summed E-state index contributed by atoms with van der Waals surface area (Å²) in [7, 11) is 1.91. The molecule has 0 atom stereocenters. The van der Waals surface area contributed by atoms with Gasteiger partial charge >= 0.3 is 5.97 Å². The van der Waals surface area contributed by atoms with Crippen molar-refractivity contribution in [3.63, 3.8) is 0 Å². The molecule has 0 aliphatic carbocycles. The lowest BCUT2D eigenvalue weighted by atomic mass is 10.0.